The van der Waals surface area contributed by atoms with Gasteiger partial charge < -0.3 is 0 Å². The van der Waals surface area contributed by atoms with Crippen molar-refractivity contribution in [1.29, 1.82) is 0 Å². The Morgan fingerprint density at radius 1 is 1.14 bits per heavy atom. The predicted molar refractivity (Wildman–Crippen MR) is 95.5 cm³/mol. The van der Waals surface area contributed by atoms with Crippen molar-refractivity contribution in [2.75, 3.05) is 0 Å². The molecule has 0 aromatic heterocycles. The number of hydrogen-bond acceptors (Lipinski definition) is 2. The van der Waals surface area contributed by atoms with Crippen molar-refractivity contribution in [2.45, 2.75) is 109 Å². The minimum Gasteiger partial charge on any atom is -0.299 e. The van der Waals surface area contributed by atoms with Crippen molar-refractivity contribution in [1.82, 2.24) is 10.2 Å². The van der Waals surface area contributed by atoms with Crippen LogP contribution in [0.5, 0.6) is 0 Å². The summed E-state index contributed by atoms with van der Waals surface area (Å²) in [4.78, 5) is 2.81. The molecule has 21 heavy (non-hydrogen) atoms. The van der Waals surface area contributed by atoms with Gasteiger partial charge in [-0.2, -0.15) is 0 Å². The van der Waals surface area contributed by atoms with Gasteiger partial charge in [0.25, 0.3) is 0 Å². The van der Waals surface area contributed by atoms with E-state index in [2.05, 4.69) is 52.7 Å². The smallest absolute Gasteiger partial charge is 0.109 e. The zero-order valence-corrected chi connectivity index (χ0v) is 15.3. The van der Waals surface area contributed by atoms with E-state index in [0.717, 1.165) is 12.0 Å². The second-order valence-electron chi connectivity index (χ2n) is 8.91. The highest BCUT2D eigenvalue weighted by Crippen LogP contribution is 2.45. The number of rotatable bonds is 3. The molecule has 0 aromatic carbocycles. The van der Waals surface area contributed by atoms with Crippen molar-refractivity contribution in [3.63, 3.8) is 0 Å². The van der Waals surface area contributed by atoms with Crippen LogP contribution in [0.4, 0.5) is 0 Å². The summed E-state index contributed by atoms with van der Waals surface area (Å²) >= 11 is 0. The van der Waals surface area contributed by atoms with Gasteiger partial charge in [0.1, 0.15) is 7.85 Å². The molecule has 4 unspecified atom stereocenters. The van der Waals surface area contributed by atoms with Crippen LogP contribution in [0, 0.1) is 5.92 Å². The SMILES string of the molecule is BC1(C)CCCCCC2C(CC(NC(C)C)N2C(C)C)C1. The number of likely N-dealkylation sites (tertiary alicyclic amines) is 1. The van der Waals surface area contributed by atoms with Gasteiger partial charge in [-0.25, -0.2) is 0 Å². The van der Waals surface area contributed by atoms with Crippen LogP contribution < -0.4 is 5.32 Å². The van der Waals surface area contributed by atoms with Gasteiger partial charge in [-0.15, -0.1) is 0 Å². The van der Waals surface area contributed by atoms with Crippen LogP contribution in [0.25, 0.3) is 0 Å². The zero-order chi connectivity index (χ0) is 15.6. The molecule has 3 heteroatoms. The molecule has 2 rings (SSSR count). The molecule has 122 valence electrons. The molecule has 1 N–H and O–H groups in total. The third-order valence-corrected chi connectivity index (χ3v) is 5.60. The number of nitrogens with zero attached hydrogens (tertiary/aromatic N) is 1. The van der Waals surface area contributed by atoms with Crippen molar-refractivity contribution >= 4 is 7.85 Å². The van der Waals surface area contributed by atoms with Gasteiger partial charge >= 0.3 is 0 Å². The Kier molecular flexibility index (Phi) is 5.81. The van der Waals surface area contributed by atoms with Crippen molar-refractivity contribution in [3.05, 3.63) is 0 Å². The van der Waals surface area contributed by atoms with Crippen LogP contribution in [0.15, 0.2) is 0 Å². The topological polar surface area (TPSA) is 15.3 Å². The molecule has 0 aromatic rings. The molecule has 2 aliphatic rings. The molecule has 4 atom stereocenters. The quantitative estimate of drug-likeness (QED) is 0.800. The van der Waals surface area contributed by atoms with Gasteiger partial charge in [0, 0.05) is 18.1 Å². The van der Waals surface area contributed by atoms with E-state index in [0.29, 0.717) is 23.6 Å². The molecule has 0 bridgehead atoms. The van der Waals surface area contributed by atoms with E-state index in [1.165, 1.54) is 44.9 Å². The summed E-state index contributed by atoms with van der Waals surface area (Å²) < 4.78 is 0. The second kappa shape index (κ2) is 7.04. The summed E-state index contributed by atoms with van der Waals surface area (Å²) in [5, 5.41) is 4.37. The van der Waals surface area contributed by atoms with Crippen LogP contribution in [0.3, 0.4) is 0 Å². The van der Waals surface area contributed by atoms with E-state index in [1.54, 1.807) is 0 Å². The zero-order valence-electron chi connectivity index (χ0n) is 15.3. The fourth-order valence-electron chi connectivity index (χ4n) is 4.87. The summed E-state index contributed by atoms with van der Waals surface area (Å²) in [6.45, 7) is 11.8. The molecular formula is C18H37BN2. The predicted octanol–water partition coefficient (Wildman–Crippen LogP) is 3.58. The molecule has 0 amide bonds. The van der Waals surface area contributed by atoms with Crippen LogP contribution in [-0.2, 0) is 0 Å². The van der Waals surface area contributed by atoms with E-state index >= 15 is 0 Å². The largest absolute Gasteiger partial charge is 0.299 e. The first-order valence-electron chi connectivity index (χ1n) is 9.33. The Balaban J connectivity index is 2.18. The van der Waals surface area contributed by atoms with Crippen molar-refractivity contribution in [3.8, 4) is 0 Å². The molecule has 1 saturated carbocycles. The lowest BCUT2D eigenvalue weighted by molar-refractivity contribution is 0.105. The standard InChI is InChI=1S/C18H37BN2/c1-13(2)20-17-11-15-12-18(5,19)10-8-6-7-9-16(15)21(17)14(3)4/h13-17,20H,6-12,19H2,1-5H3. The second-order valence-corrected chi connectivity index (χ2v) is 8.91. The van der Waals surface area contributed by atoms with Crippen LogP contribution in [0.2, 0.25) is 5.31 Å². The molecule has 2 nitrogen and oxygen atoms in total. The van der Waals surface area contributed by atoms with E-state index < -0.39 is 0 Å². The van der Waals surface area contributed by atoms with E-state index in [1.807, 2.05) is 0 Å². The van der Waals surface area contributed by atoms with E-state index in [9.17, 15) is 0 Å². The molecule has 1 aliphatic carbocycles. The Bertz CT molecular complexity index is 327. The molecular weight excluding hydrogens is 255 g/mol. The maximum Gasteiger partial charge on any atom is 0.109 e. The average Bonchev–Trinajstić information content (AvgIpc) is 2.66. The van der Waals surface area contributed by atoms with Gasteiger partial charge in [-0.1, -0.05) is 44.3 Å². The van der Waals surface area contributed by atoms with Crippen molar-refractivity contribution < 1.29 is 0 Å². The Labute approximate surface area is 133 Å². The third kappa shape index (κ3) is 4.48. The van der Waals surface area contributed by atoms with E-state index in [4.69, 9.17) is 0 Å². The average molecular weight is 292 g/mol. The highest BCUT2D eigenvalue weighted by molar-refractivity contribution is 6.14. The first-order chi connectivity index (χ1) is 9.80. The molecule has 1 aliphatic heterocycles. The number of fused-ring (bicyclic) bond motifs is 1. The number of nitrogens with one attached hydrogen (secondary N) is 1. The van der Waals surface area contributed by atoms with Gasteiger partial charge in [-0.05, 0) is 46.5 Å². The number of hydrogen-bond donors (Lipinski definition) is 1. The highest BCUT2D eigenvalue weighted by Gasteiger charge is 2.43. The fraction of sp³-hybridized carbons (Fsp3) is 1.00. The van der Waals surface area contributed by atoms with Gasteiger partial charge in [0.05, 0.1) is 6.17 Å². The summed E-state index contributed by atoms with van der Waals surface area (Å²) in [5.74, 6) is 0.886. The summed E-state index contributed by atoms with van der Waals surface area (Å²) in [5.41, 5.74) is 0. The van der Waals surface area contributed by atoms with Gasteiger partial charge in [0.2, 0.25) is 0 Å². The highest BCUT2D eigenvalue weighted by atomic mass is 15.3. The Morgan fingerprint density at radius 3 is 2.48 bits per heavy atom. The lowest BCUT2D eigenvalue weighted by Crippen LogP contribution is -2.50. The maximum atomic E-state index is 3.84. The molecule has 0 radical (unpaired) electrons. The fourth-order valence-corrected chi connectivity index (χ4v) is 4.87. The normalized spacial score (nSPS) is 39.1. The summed E-state index contributed by atoms with van der Waals surface area (Å²) in [6, 6.07) is 2.04. The molecule has 1 saturated heterocycles. The van der Waals surface area contributed by atoms with Gasteiger partial charge in [0.15, 0.2) is 0 Å². The minimum absolute atomic E-state index is 0.530. The summed E-state index contributed by atoms with van der Waals surface area (Å²) in [6.07, 6.45) is 10.5. The first-order valence-corrected chi connectivity index (χ1v) is 9.33. The minimum atomic E-state index is 0.530. The Morgan fingerprint density at radius 2 is 1.86 bits per heavy atom. The van der Waals surface area contributed by atoms with Crippen LogP contribution >= 0.6 is 0 Å². The molecule has 0 spiro atoms. The van der Waals surface area contributed by atoms with Crippen LogP contribution in [0.1, 0.15) is 79.6 Å². The van der Waals surface area contributed by atoms with Crippen molar-refractivity contribution in [2.24, 2.45) is 5.92 Å². The third-order valence-electron chi connectivity index (χ3n) is 5.60. The molecule has 2 fully saturated rings. The lowest BCUT2D eigenvalue weighted by Gasteiger charge is -2.37. The first kappa shape index (κ1) is 17.3. The van der Waals surface area contributed by atoms with Gasteiger partial charge in [-0.3, -0.25) is 10.2 Å². The molecule has 1 heterocycles. The van der Waals surface area contributed by atoms with Crippen LogP contribution in [-0.4, -0.2) is 37.0 Å². The monoisotopic (exact) mass is 292 g/mol. The lowest BCUT2D eigenvalue weighted by atomic mass is 9.62. The van der Waals surface area contributed by atoms with E-state index in [-0.39, 0.29) is 0 Å². The Hall–Kier alpha value is -0.0151. The maximum absolute atomic E-state index is 3.84. The summed E-state index contributed by atoms with van der Waals surface area (Å²) in [7, 11) is 2.50.